The van der Waals surface area contributed by atoms with E-state index in [-0.39, 0.29) is 85.8 Å². The molecule has 4 fully saturated rings. The van der Waals surface area contributed by atoms with Gasteiger partial charge in [0.05, 0.1) is 35.2 Å². The second-order valence-electron chi connectivity index (χ2n) is 20.9. The number of aromatic nitrogens is 2. The minimum absolute atomic E-state index is 0.0489. The minimum Gasteiger partial charge on any atom is -0.370 e. The Balaban J connectivity index is 0.891. The third kappa shape index (κ3) is 10.8. The molecule has 0 saturated carbocycles. The van der Waals surface area contributed by atoms with E-state index in [2.05, 4.69) is 10.6 Å². The molecule has 0 aliphatic carbocycles. The number of fused-ring (bicyclic) bond motifs is 2. The van der Waals surface area contributed by atoms with Crippen LogP contribution in [-0.4, -0.2) is 133 Å². The summed E-state index contributed by atoms with van der Waals surface area (Å²) in [5.74, 6) is -2.69. The molecule has 19 nitrogen and oxygen atoms in total. The van der Waals surface area contributed by atoms with Crippen LogP contribution in [0.2, 0.25) is 0 Å². The van der Waals surface area contributed by atoms with Gasteiger partial charge in [-0.1, -0.05) is 69.3 Å². The Kier molecular flexibility index (Phi) is 15.1. The molecular formula is C52H60F2N7O12PS. The van der Waals surface area contributed by atoms with Crippen molar-refractivity contribution in [2.24, 2.45) is 18.4 Å². The first-order valence-corrected chi connectivity index (χ1v) is 27.4. The Morgan fingerprint density at radius 1 is 0.920 bits per heavy atom. The largest absolute Gasteiger partial charge is 0.399 e. The first-order chi connectivity index (χ1) is 35.5. The Hall–Kier alpha value is -6.16. The second kappa shape index (κ2) is 21.1. The first-order valence-electron chi connectivity index (χ1n) is 25.0. The van der Waals surface area contributed by atoms with Crippen molar-refractivity contribution in [3.8, 4) is 0 Å². The van der Waals surface area contributed by atoms with Crippen molar-refractivity contribution in [2.45, 2.75) is 95.3 Å². The number of ether oxygens (including phenoxy) is 2. The number of nitrogens with one attached hydrogen (secondary N) is 2. The SMILES string of the molecule is Cn1c(=O)n(C2CCC(=O)NC2=O)c2cccc(CC3CCN(C(=O)CO[C@@H]4CCN(C(=O)[C@@H](NC(=O)c5cc6cc(C(F)(F)P(=O)(O)O)ccc6s5)C(C)(C)C)[C@@H]4C(=O)N4CCO[C@H](c5ccccc5)C4)CC3)c21. The number of carbonyl (C=O) groups is 6. The fraction of sp³-hybridized carbons (Fsp3) is 0.481. The highest BCUT2D eigenvalue weighted by Crippen LogP contribution is 2.59. The Bertz CT molecular complexity index is 3160. The van der Waals surface area contributed by atoms with Gasteiger partial charge in [-0.25, -0.2) is 4.79 Å². The maximum absolute atomic E-state index is 14.9. The van der Waals surface area contributed by atoms with Gasteiger partial charge in [0.2, 0.25) is 29.5 Å². The maximum atomic E-state index is 14.9. The summed E-state index contributed by atoms with van der Waals surface area (Å²) in [7, 11) is -4.19. The zero-order valence-electron chi connectivity index (χ0n) is 41.9. The van der Waals surface area contributed by atoms with E-state index in [0.717, 1.165) is 34.6 Å². The summed E-state index contributed by atoms with van der Waals surface area (Å²) in [6, 6.07) is 16.2. The van der Waals surface area contributed by atoms with Crippen LogP contribution < -0.4 is 16.3 Å². The average molecular weight is 1080 g/mol. The molecule has 4 aliphatic rings. The van der Waals surface area contributed by atoms with E-state index < -0.39 is 78.2 Å². The normalized spacial score (nSPS) is 21.7. The predicted molar refractivity (Wildman–Crippen MR) is 272 cm³/mol. The predicted octanol–water partition coefficient (Wildman–Crippen LogP) is 4.97. The fourth-order valence-electron chi connectivity index (χ4n) is 10.8. The molecule has 6 amide bonds. The van der Waals surface area contributed by atoms with Gasteiger partial charge in [0, 0.05) is 49.9 Å². The Morgan fingerprint density at radius 3 is 2.35 bits per heavy atom. The Morgan fingerprint density at radius 2 is 1.65 bits per heavy atom. The van der Waals surface area contributed by atoms with Gasteiger partial charge in [-0.3, -0.25) is 47.8 Å². The summed E-state index contributed by atoms with van der Waals surface area (Å²) < 4.78 is 56.7. The van der Waals surface area contributed by atoms with Crippen molar-refractivity contribution in [3.05, 3.63) is 105 Å². The highest BCUT2D eigenvalue weighted by atomic mass is 32.1. The standard InChI is InChI=1S/C52H60F2N7O12PS/c1-51(2,3)45(56-47(65)40-27-33-26-34(13-15-39(33)75-40)52(53,54)74(69,70)71)49(67)60-22-19-37(44(60)48(66)59-23-24-72-38(28-59)31-9-6-5-7-10-31)73-29-42(63)58-20-17-30(18-21-58)25-32-11-8-12-35-43(32)57(4)50(68)61(35)36-14-16-41(62)55-46(36)64/h5-13,15,26-27,30,36-38,44-45H,14,16-25,28-29H2,1-4H3,(H,56,65)(H,55,62,64)(H2,69,70,71)/t36?,37-,38+,44+,45-/m1/s1. The van der Waals surface area contributed by atoms with Gasteiger partial charge in [-0.05, 0) is 84.2 Å². The zero-order chi connectivity index (χ0) is 53.7. The average Bonchev–Trinajstić information content (AvgIpc) is 4.09. The van der Waals surface area contributed by atoms with E-state index in [0.29, 0.717) is 48.1 Å². The number of benzene rings is 3. The van der Waals surface area contributed by atoms with E-state index in [1.54, 1.807) is 48.3 Å². The topological polar surface area (TPSA) is 239 Å². The van der Waals surface area contributed by atoms with Crippen molar-refractivity contribution in [1.29, 1.82) is 0 Å². The van der Waals surface area contributed by atoms with E-state index in [9.17, 15) is 56.7 Å². The number of aryl methyl sites for hydroxylation is 1. The van der Waals surface area contributed by atoms with Crippen LogP contribution in [0.1, 0.15) is 91.4 Å². The van der Waals surface area contributed by atoms with Crippen molar-refractivity contribution >= 4 is 75.5 Å². The fourth-order valence-corrected chi connectivity index (χ4v) is 12.2. The van der Waals surface area contributed by atoms with Gasteiger partial charge in [-0.15, -0.1) is 11.3 Å². The number of imidazole rings is 1. The molecule has 23 heteroatoms. The molecule has 2 aromatic heterocycles. The van der Waals surface area contributed by atoms with E-state index in [1.807, 2.05) is 42.5 Å². The lowest BCUT2D eigenvalue weighted by molar-refractivity contribution is -0.156. The summed E-state index contributed by atoms with van der Waals surface area (Å²) >= 11 is 0.944. The number of morpholine rings is 1. The van der Waals surface area contributed by atoms with Crippen molar-refractivity contribution < 1.29 is 61.4 Å². The summed E-state index contributed by atoms with van der Waals surface area (Å²) in [6.07, 6.45) is 1.15. The minimum atomic E-state index is -5.86. The molecule has 0 radical (unpaired) electrons. The van der Waals surface area contributed by atoms with Crippen molar-refractivity contribution in [1.82, 2.24) is 34.5 Å². The van der Waals surface area contributed by atoms with Crippen molar-refractivity contribution in [3.63, 3.8) is 0 Å². The first kappa shape index (κ1) is 53.7. The molecule has 5 aromatic rings. The second-order valence-corrected chi connectivity index (χ2v) is 23.6. The number of carbonyl (C=O) groups excluding carboxylic acids is 6. The van der Waals surface area contributed by atoms with Crippen LogP contribution in [0.15, 0.2) is 77.6 Å². The number of rotatable bonds is 13. The van der Waals surface area contributed by atoms with Gasteiger partial charge in [0.1, 0.15) is 30.8 Å². The monoisotopic (exact) mass is 1080 g/mol. The van der Waals surface area contributed by atoms with Crippen molar-refractivity contribution in [2.75, 3.05) is 45.9 Å². The highest BCUT2D eigenvalue weighted by Gasteiger charge is 2.51. The summed E-state index contributed by atoms with van der Waals surface area (Å²) in [4.78, 5) is 119. The highest BCUT2D eigenvalue weighted by molar-refractivity contribution is 7.52. The molecule has 6 heterocycles. The molecule has 4 aliphatic heterocycles. The zero-order valence-corrected chi connectivity index (χ0v) is 43.6. The van der Waals surface area contributed by atoms with E-state index >= 15 is 0 Å². The van der Waals surface area contributed by atoms with Crippen LogP contribution >= 0.6 is 18.9 Å². The Labute approximate surface area is 434 Å². The van der Waals surface area contributed by atoms with E-state index in [4.69, 9.17) is 9.47 Å². The van der Waals surface area contributed by atoms with Crippen LogP contribution in [0.5, 0.6) is 0 Å². The molecule has 0 spiro atoms. The number of alkyl halides is 2. The molecule has 4 saturated heterocycles. The molecule has 75 heavy (non-hydrogen) atoms. The van der Waals surface area contributed by atoms with Crippen LogP contribution in [0.4, 0.5) is 8.78 Å². The van der Waals surface area contributed by atoms with Gasteiger partial charge >= 0.3 is 18.9 Å². The molecule has 9 rings (SSSR count). The van der Waals surface area contributed by atoms with Gasteiger partial charge in [-0.2, -0.15) is 8.78 Å². The van der Waals surface area contributed by atoms with Crippen LogP contribution in [0.25, 0.3) is 21.1 Å². The summed E-state index contributed by atoms with van der Waals surface area (Å²) in [5.41, 5.74) is -3.55. The van der Waals surface area contributed by atoms with Crippen LogP contribution in [0.3, 0.4) is 0 Å². The number of hydrogen-bond donors (Lipinski definition) is 4. The van der Waals surface area contributed by atoms with Gasteiger partial charge in [0.15, 0.2) is 0 Å². The van der Waals surface area contributed by atoms with E-state index in [1.165, 1.54) is 21.6 Å². The lowest BCUT2D eigenvalue weighted by atomic mass is 9.85. The molecule has 3 aromatic carbocycles. The summed E-state index contributed by atoms with van der Waals surface area (Å²) in [6.45, 7) is 6.43. The van der Waals surface area contributed by atoms with Crippen LogP contribution in [-0.2, 0) is 57.1 Å². The number of imide groups is 1. The lowest BCUT2D eigenvalue weighted by Gasteiger charge is -2.39. The molecule has 400 valence electrons. The quantitative estimate of drug-likeness (QED) is 0.0904. The van der Waals surface area contributed by atoms with Gasteiger partial charge < -0.3 is 39.3 Å². The number of thiophene rings is 1. The number of likely N-dealkylation sites (tertiary alicyclic amines) is 2. The third-order valence-corrected chi connectivity index (χ3v) is 17.0. The summed E-state index contributed by atoms with van der Waals surface area (Å²) in [5, 5.41) is 5.31. The molecule has 4 N–H and O–H groups in total. The molecular weight excluding hydrogens is 1020 g/mol. The molecule has 0 bridgehead atoms. The van der Waals surface area contributed by atoms with Crippen LogP contribution in [0, 0.1) is 11.3 Å². The third-order valence-electron chi connectivity index (χ3n) is 14.9. The number of piperidine rings is 2. The number of nitrogens with zero attached hydrogens (tertiary/aromatic N) is 5. The number of hydrogen-bond acceptors (Lipinski definition) is 11. The number of para-hydroxylation sites is 1. The molecule has 1 unspecified atom stereocenters. The lowest BCUT2D eigenvalue weighted by Crippen LogP contribution is -2.60. The smallest absolute Gasteiger partial charge is 0.370 e. The van der Waals surface area contributed by atoms with Gasteiger partial charge in [0.25, 0.3) is 5.91 Å². The number of halogens is 2. The maximum Gasteiger partial charge on any atom is 0.399 e. The molecule has 5 atom stereocenters. The number of amides is 6.